The second-order valence-electron chi connectivity index (χ2n) is 8.84. The topological polar surface area (TPSA) is 118 Å². The number of morpholine rings is 1. The number of carbonyl (C=O) groups is 2. The first-order valence-electron chi connectivity index (χ1n) is 12.3. The Balaban J connectivity index is 1.67. The molecule has 2 aromatic carbocycles. The van der Waals surface area contributed by atoms with E-state index >= 15 is 0 Å². The number of hydrogen-bond acceptors (Lipinski definition) is 10. The van der Waals surface area contributed by atoms with Crippen molar-refractivity contribution in [3.05, 3.63) is 46.4 Å². The number of hydrogen-bond donors (Lipinski definition) is 0. The normalized spacial score (nSPS) is 15.6. The Morgan fingerprint density at radius 2 is 1.45 bits per heavy atom. The summed E-state index contributed by atoms with van der Waals surface area (Å²) < 4.78 is 53.6. The molecule has 0 spiro atoms. The van der Waals surface area contributed by atoms with Crippen LogP contribution in [0.3, 0.4) is 0 Å². The molecule has 0 aliphatic carbocycles. The van der Waals surface area contributed by atoms with E-state index in [1.165, 1.54) is 50.2 Å². The van der Waals surface area contributed by atoms with Gasteiger partial charge in [0.25, 0.3) is 0 Å². The minimum Gasteiger partial charge on any atom is -0.490 e. The van der Waals surface area contributed by atoms with Gasteiger partial charge in [0.2, 0.25) is 9.84 Å². The van der Waals surface area contributed by atoms with Gasteiger partial charge in [0.1, 0.15) is 31.2 Å². The van der Waals surface area contributed by atoms with Crippen molar-refractivity contribution >= 4 is 56.6 Å². The van der Waals surface area contributed by atoms with Gasteiger partial charge >= 0.3 is 11.9 Å². The fourth-order valence-electron chi connectivity index (χ4n) is 3.82. The van der Waals surface area contributed by atoms with Crippen LogP contribution in [0.5, 0.6) is 11.5 Å². The lowest BCUT2D eigenvalue weighted by molar-refractivity contribution is -0.149. The molecule has 1 heterocycles. The zero-order chi connectivity index (χ0) is 29.3. The highest BCUT2D eigenvalue weighted by Crippen LogP contribution is 2.37. The largest absolute Gasteiger partial charge is 0.490 e. The van der Waals surface area contributed by atoms with Crippen molar-refractivity contribution in [2.24, 2.45) is 0 Å². The van der Waals surface area contributed by atoms with Crippen molar-refractivity contribution in [2.75, 3.05) is 51.9 Å². The highest BCUT2D eigenvalue weighted by Gasteiger charge is 2.24. The summed E-state index contributed by atoms with van der Waals surface area (Å²) in [6.07, 6.45) is -1.24. The second-order valence-corrected chi connectivity index (χ2v) is 11.9. The first kappa shape index (κ1) is 32.2. The Morgan fingerprint density at radius 3 is 2.00 bits per heavy atom. The molecule has 1 saturated heterocycles. The molecule has 0 radical (unpaired) electrons. The number of esters is 2. The summed E-state index contributed by atoms with van der Waals surface area (Å²) in [5, 5.41) is -0.0853. The minimum absolute atomic E-state index is 0.0115. The molecule has 2 unspecified atom stereocenters. The number of nitrogens with zero attached hydrogens (tertiary/aromatic N) is 1. The number of ether oxygens (including phenoxy) is 5. The molecule has 0 N–H and O–H groups in total. The lowest BCUT2D eigenvalue weighted by Gasteiger charge is -2.30. The molecule has 1 fully saturated rings. The van der Waals surface area contributed by atoms with Crippen LogP contribution in [-0.2, 0) is 33.6 Å². The maximum absolute atomic E-state index is 13.3. The molecule has 1 aliphatic heterocycles. The standard InChI is InChI=1S/C26H30Cl3NO9S/c1-17(31)38-20(13-27)15-37-26-24(28)11-23(12-25(26)29)40(33,34)22-5-3-19(4-6-22)36-16-21(39-18(2)32)14-30-7-9-35-10-8-30/h3-6,11-12,20-21H,7-10,13-16H2,1-2H3. The smallest absolute Gasteiger partial charge is 0.303 e. The number of halogens is 3. The SMILES string of the molecule is CC(=O)OC(CCl)COc1c(Cl)cc(S(=O)(=O)c2ccc(OCC(CN3CCOCC3)OC(C)=O)cc2)cc1Cl. The Kier molecular flexibility index (Phi) is 12.2. The molecule has 10 nitrogen and oxygen atoms in total. The third-order valence-corrected chi connectivity index (χ3v) is 8.32. The predicted molar refractivity (Wildman–Crippen MR) is 148 cm³/mol. The van der Waals surface area contributed by atoms with Crippen LogP contribution in [0.4, 0.5) is 0 Å². The summed E-state index contributed by atoms with van der Waals surface area (Å²) in [6.45, 7) is 5.72. The molecule has 1 aliphatic rings. The van der Waals surface area contributed by atoms with Crippen LogP contribution >= 0.6 is 34.8 Å². The molecule has 2 atom stereocenters. The third kappa shape index (κ3) is 9.39. The molecule has 14 heteroatoms. The van der Waals surface area contributed by atoms with Crippen molar-refractivity contribution in [3.63, 3.8) is 0 Å². The van der Waals surface area contributed by atoms with Gasteiger partial charge in [-0.15, -0.1) is 11.6 Å². The number of alkyl halides is 1. The fraction of sp³-hybridized carbons (Fsp3) is 0.462. The lowest BCUT2D eigenvalue weighted by Crippen LogP contribution is -2.43. The summed E-state index contributed by atoms with van der Waals surface area (Å²) in [7, 11) is -3.99. The summed E-state index contributed by atoms with van der Waals surface area (Å²) in [4.78, 5) is 24.7. The van der Waals surface area contributed by atoms with Gasteiger partial charge in [-0.05, 0) is 36.4 Å². The molecule has 0 aromatic heterocycles. The average molecular weight is 639 g/mol. The van der Waals surface area contributed by atoms with Crippen molar-refractivity contribution in [2.45, 2.75) is 35.8 Å². The summed E-state index contributed by atoms with van der Waals surface area (Å²) >= 11 is 18.3. The molecule has 40 heavy (non-hydrogen) atoms. The van der Waals surface area contributed by atoms with E-state index in [1.54, 1.807) is 0 Å². The van der Waals surface area contributed by atoms with E-state index in [9.17, 15) is 18.0 Å². The number of benzene rings is 2. The van der Waals surface area contributed by atoms with Crippen LogP contribution in [0.2, 0.25) is 10.0 Å². The zero-order valence-corrected chi connectivity index (χ0v) is 25.0. The van der Waals surface area contributed by atoms with Gasteiger partial charge in [-0.2, -0.15) is 0 Å². The van der Waals surface area contributed by atoms with E-state index in [0.717, 1.165) is 13.1 Å². The van der Waals surface area contributed by atoms with Crippen molar-refractivity contribution in [1.82, 2.24) is 4.90 Å². The number of carbonyl (C=O) groups excluding carboxylic acids is 2. The van der Waals surface area contributed by atoms with Gasteiger partial charge in [0.05, 0.1) is 38.9 Å². The van der Waals surface area contributed by atoms with Crippen LogP contribution in [0, 0.1) is 0 Å². The maximum atomic E-state index is 13.3. The third-order valence-electron chi connectivity index (χ3n) is 5.67. The van der Waals surface area contributed by atoms with Crippen LogP contribution in [0.1, 0.15) is 13.8 Å². The highest BCUT2D eigenvalue weighted by atomic mass is 35.5. The molecule has 0 amide bonds. The van der Waals surface area contributed by atoms with E-state index in [2.05, 4.69) is 4.90 Å². The van der Waals surface area contributed by atoms with Crippen molar-refractivity contribution in [3.8, 4) is 11.5 Å². The Labute approximate surface area is 248 Å². The molecule has 2 aromatic rings. The van der Waals surface area contributed by atoms with Crippen LogP contribution in [-0.4, -0.2) is 89.4 Å². The molecule has 3 rings (SSSR count). The van der Waals surface area contributed by atoms with E-state index < -0.39 is 34.0 Å². The van der Waals surface area contributed by atoms with E-state index in [1.807, 2.05) is 0 Å². The van der Waals surface area contributed by atoms with Gasteiger partial charge < -0.3 is 23.7 Å². The quantitative estimate of drug-likeness (QED) is 0.235. The van der Waals surface area contributed by atoms with Gasteiger partial charge in [-0.25, -0.2) is 8.42 Å². The molecule has 0 saturated carbocycles. The van der Waals surface area contributed by atoms with Crippen LogP contribution < -0.4 is 9.47 Å². The highest BCUT2D eigenvalue weighted by molar-refractivity contribution is 7.91. The summed E-state index contributed by atoms with van der Waals surface area (Å²) in [5.74, 6) is -0.520. The second kappa shape index (κ2) is 15.1. The predicted octanol–water partition coefficient (Wildman–Crippen LogP) is 4.02. The fourth-order valence-corrected chi connectivity index (χ4v) is 6.01. The average Bonchev–Trinajstić information content (AvgIpc) is 2.90. The first-order chi connectivity index (χ1) is 19.0. The van der Waals surface area contributed by atoms with Gasteiger partial charge in [-0.3, -0.25) is 14.5 Å². The molecular weight excluding hydrogens is 609 g/mol. The zero-order valence-electron chi connectivity index (χ0n) is 21.9. The summed E-state index contributed by atoms with van der Waals surface area (Å²) in [6, 6.07) is 8.25. The maximum Gasteiger partial charge on any atom is 0.303 e. The van der Waals surface area contributed by atoms with E-state index in [-0.39, 0.29) is 44.7 Å². The van der Waals surface area contributed by atoms with Gasteiger partial charge in [-0.1, -0.05) is 23.2 Å². The van der Waals surface area contributed by atoms with E-state index in [4.69, 9.17) is 58.5 Å². The Bertz CT molecular complexity index is 1250. The molecular formula is C26H30Cl3NO9S. The first-order valence-corrected chi connectivity index (χ1v) is 15.1. The number of sulfone groups is 1. The van der Waals surface area contributed by atoms with Gasteiger partial charge in [0, 0.05) is 33.5 Å². The van der Waals surface area contributed by atoms with Crippen LogP contribution in [0.25, 0.3) is 0 Å². The van der Waals surface area contributed by atoms with E-state index in [0.29, 0.717) is 25.5 Å². The Morgan fingerprint density at radius 1 is 0.900 bits per heavy atom. The number of rotatable bonds is 13. The van der Waals surface area contributed by atoms with Crippen LogP contribution in [0.15, 0.2) is 46.2 Å². The molecule has 0 bridgehead atoms. The van der Waals surface area contributed by atoms with Crippen molar-refractivity contribution < 1.29 is 41.7 Å². The Hall–Kier alpha value is -2.28. The molecule has 220 valence electrons. The monoisotopic (exact) mass is 637 g/mol. The minimum atomic E-state index is -3.99. The van der Waals surface area contributed by atoms with Crippen molar-refractivity contribution in [1.29, 1.82) is 0 Å². The lowest BCUT2D eigenvalue weighted by atomic mass is 10.3. The van der Waals surface area contributed by atoms with Gasteiger partial charge in [0.15, 0.2) is 5.75 Å². The summed E-state index contributed by atoms with van der Waals surface area (Å²) in [5.41, 5.74) is 0.